The van der Waals surface area contributed by atoms with Gasteiger partial charge in [-0.15, -0.1) is 0 Å². The van der Waals surface area contributed by atoms with Crippen LogP contribution < -0.4 is 5.32 Å². The molecule has 1 saturated heterocycles. The normalized spacial score (nSPS) is 31.5. The minimum atomic E-state index is -0.281. The van der Waals surface area contributed by atoms with E-state index in [1.165, 1.54) is 12.8 Å². The van der Waals surface area contributed by atoms with E-state index >= 15 is 0 Å². The van der Waals surface area contributed by atoms with Crippen molar-refractivity contribution in [3.8, 4) is 0 Å². The van der Waals surface area contributed by atoms with E-state index in [9.17, 15) is 9.59 Å². The Labute approximate surface area is 127 Å². The first kappa shape index (κ1) is 14.9. The number of carbonyl (C=O) groups excluding carboxylic acids is 2. The lowest BCUT2D eigenvalue weighted by Gasteiger charge is -2.45. The number of amides is 2. The number of hydrogen-bond acceptors (Lipinski definition) is 2. The summed E-state index contributed by atoms with van der Waals surface area (Å²) in [4.78, 5) is 27.5. The zero-order valence-electron chi connectivity index (χ0n) is 13.5. The topological polar surface area (TPSA) is 49.4 Å². The molecule has 2 aliphatic carbocycles. The highest BCUT2D eigenvalue weighted by Gasteiger charge is 2.49. The van der Waals surface area contributed by atoms with Gasteiger partial charge in [0.1, 0.15) is 12.1 Å². The summed E-state index contributed by atoms with van der Waals surface area (Å²) >= 11 is 0. The van der Waals surface area contributed by atoms with Gasteiger partial charge >= 0.3 is 0 Å². The van der Waals surface area contributed by atoms with Gasteiger partial charge in [-0.05, 0) is 43.4 Å². The molecule has 4 nitrogen and oxygen atoms in total. The summed E-state index contributed by atoms with van der Waals surface area (Å²) < 4.78 is 0. The number of carbonyl (C=O) groups is 2. The lowest BCUT2D eigenvalue weighted by Crippen LogP contribution is -2.67. The number of hydrogen-bond donors (Lipinski definition) is 1. The molecule has 3 fully saturated rings. The predicted molar refractivity (Wildman–Crippen MR) is 81.5 cm³/mol. The first-order valence-corrected chi connectivity index (χ1v) is 8.65. The summed E-state index contributed by atoms with van der Waals surface area (Å²) in [6.45, 7) is 6.24. The van der Waals surface area contributed by atoms with Crippen molar-refractivity contribution in [2.45, 2.75) is 77.4 Å². The van der Waals surface area contributed by atoms with Crippen molar-refractivity contribution in [2.24, 2.45) is 17.8 Å². The molecule has 118 valence electrons. The molecule has 3 unspecified atom stereocenters. The number of nitrogens with zero attached hydrogens (tertiary/aromatic N) is 1. The van der Waals surface area contributed by atoms with Crippen molar-refractivity contribution in [1.29, 1.82) is 0 Å². The first-order chi connectivity index (χ1) is 10.0. The summed E-state index contributed by atoms with van der Waals surface area (Å²) in [7, 11) is 0. The maximum absolute atomic E-state index is 13.0. The largest absolute Gasteiger partial charge is 0.342 e. The van der Waals surface area contributed by atoms with E-state index in [0.717, 1.165) is 31.6 Å². The Balaban J connectivity index is 1.84. The van der Waals surface area contributed by atoms with Crippen LogP contribution in [0.4, 0.5) is 0 Å². The zero-order valence-corrected chi connectivity index (χ0v) is 13.5. The molecule has 0 radical (unpaired) electrons. The predicted octanol–water partition coefficient (Wildman–Crippen LogP) is 2.33. The number of piperazine rings is 1. The molecule has 1 heterocycles. The van der Waals surface area contributed by atoms with Gasteiger partial charge in [0.25, 0.3) is 0 Å². The van der Waals surface area contributed by atoms with Gasteiger partial charge < -0.3 is 10.2 Å². The van der Waals surface area contributed by atoms with Gasteiger partial charge in [-0.1, -0.05) is 33.6 Å². The van der Waals surface area contributed by atoms with Crippen LogP contribution in [-0.4, -0.2) is 34.8 Å². The van der Waals surface area contributed by atoms with Crippen molar-refractivity contribution >= 4 is 11.8 Å². The third-order valence-corrected chi connectivity index (χ3v) is 5.28. The molecular weight excluding hydrogens is 264 g/mol. The van der Waals surface area contributed by atoms with Gasteiger partial charge in [-0.2, -0.15) is 0 Å². The van der Waals surface area contributed by atoms with Gasteiger partial charge in [0, 0.05) is 6.04 Å². The van der Waals surface area contributed by atoms with Crippen LogP contribution in [-0.2, 0) is 9.59 Å². The molecule has 0 aromatic carbocycles. The molecule has 2 amide bonds. The van der Waals surface area contributed by atoms with E-state index in [1.807, 2.05) is 18.7 Å². The summed E-state index contributed by atoms with van der Waals surface area (Å²) in [5.41, 5.74) is 0. The molecule has 3 rings (SSSR count). The van der Waals surface area contributed by atoms with Gasteiger partial charge in [0.2, 0.25) is 11.8 Å². The highest BCUT2D eigenvalue weighted by molar-refractivity contribution is 5.97. The van der Waals surface area contributed by atoms with Gasteiger partial charge in [0.05, 0.1) is 0 Å². The van der Waals surface area contributed by atoms with E-state index in [1.54, 1.807) is 0 Å². The maximum atomic E-state index is 13.0. The van der Waals surface area contributed by atoms with E-state index < -0.39 is 0 Å². The Morgan fingerprint density at radius 3 is 2.33 bits per heavy atom. The molecule has 3 atom stereocenters. The molecule has 21 heavy (non-hydrogen) atoms. The Morgan fingerprint density at radius 2 is 1.86 bits per heavy atom. The molecule has 0 bridgehead atoms. The van der Waals surface area contributed by atoms with E-state index in [4.69, 9.17) is 0 Å². The molecular formula is C17H28N2O2. The Kier molecular flexibility index (Phi) is 3.98. The number of rotatable bonds is 6. The molecule has 0 aromatic rings. The van der Waals surface area contributed by atoms with Crippen LogP contribution in [0.25, 0.3) is 0 Å². The standard InChI is InChI=1S/C17H28N2O2/c1-4-13(9-11-5-6-11)19-15(10(2)3)16(20)18-14(17(19)21)12-7-8-12/h10-15H,4-9H2,1-3H3,(H,18,20). The van der Waals surface area contributed by atoms with Crippen molar-refractivity contribution in [1.82, 2.24) is 10.2 Å². The minimum Gasteiger partial charge on any atom is -0.342 e. The van der Waals surface area contributed by atoms with E-state index in [2.05, 4.69) is 12.2 Å². The SMILES string of the molecule is CCC(CC1CC1)N1C(=O)C(C2CC2)NC(=O)C1C(C)C. The lowest BCUT2D eigenvalue weighted by molar-refractivity contribution is -0.155. The van der Waals surface area contributed by atoms with Gasteiger partial charge in [-0.3, -0.25) is 9.59 Å². The van der Waals surface area contributed by atoms with Crippen molar-refractivity contribution in [2.75, 3.05) is 0 Å². The average molecular weight is 292 g/mol. The maximum Gasteiger partial charge on any atom is 0.246 e. The minimum absolute atomic E-state index is 0.0655. The number of nitrogens with one attached hydrogen (secondary N) is 1. The van der Waals surface area contributed by atoms with E-state index in [-0.39, 0.29) is 35.9 Å². The van der Waals surface area contributed by atoms with Gasteiger partial charge in [0.15, 0.2) is 0 Å². The lowest BCUT2D eigenvalue weighted by atomic mass is 9.91. The highest BCUT2D eigenvalue weighted by atomic mass is 16.2. The molecule has 0 spiro atoms. The van der Waals surface area contributed by atoms with Crippen molar-refractivity contribution < 1.29 is 9.59 Å². The van der Waals surface area contributed by atoms with Crippen LogP contribution in [0, 0.1) is 17.8 Å². The van der Waals surface area contributed by atoms with Crippen LogP contribution in [0.2, 0.25) is 0 Å². The average Bonchev–Trinajstić information content (AvgIpc) is 3.31. The highest BCUT2D eigenvalue weighted by Crippen LogP contribution is 2.39. The van der Waals surface area contributed by atoms with Gasteiger partial charge in [-0.25, -0.2) is 0 Å². The van der Waals surface area contributed by atoms with Crippen LogP contribution in [0.1, 0.15) is 59.3 Å². The molecule has 4 heteroatoms. The molecule has 2 saturated carbocycles. The van der Waals surface area contributed by atoms with Crippen LogP contribution in [0.15, 0.2) is 0 Å². The fourth-order valence-corrected chi connectivity index (χ4v) is 3.72. The summed E-state index contributed by atoms with van der Waals surface area (Å²) in [6.07, 6.45) is 6.78. The van der Waals surface area contributed by atoms with Crippen LogP contribution in [0.3, 0.4) is 0 Å². The fourth-order valence-electron chi connectivity index (χ4n) is 3.72. The van der Waals surface area contributed by atoms with Crippen molar-refractivity contribution in [3.05, 3.63) is 0 Å². The Bertz CT molecular complexity index is 427. The summed E-state index contributed by atoms with van der Waals surface area (Å²) in [5, 5.41) is 3.01. The van der Waals surface area contributed by atoms with Crippen LogP contribution in [0.5, 0.6) is 0 Å². The summed E-state index contributed by atoms with van der Waals surface area (Å²) in [6, 6.07) is -0.290. The Morgan fingerprint density at radius 1 is 1.19 bits per heavy atom. The third-order valence-electron chi connectivity index (χ3n) is 5.28. The van der Waals surface area contributed by atoms with Crippen LogP contribution >= 0.6 is 0 Å². The molecule has 0 aromatic heterocycles. The Hall–Kier alpha value is -1.06. The first-order valence-electron chi connectivity index (χ1n) is 8.65. The smallest absolute Gasteiger partial charge is 0.246 e. The second-order valence-corrected chi connectivity index (χ2v) is 7.50. The monoisotopic (exact) mass is 292 g/mol. The summed E-state index contributed by atoms with van der Waals surface area (Å²) in [5.74, 6) is 1.58. The second-order valence-electron chi connectivity index (χ2n) is 7.50. The fraction of sp³-hybridized carbons (Fsp3) is 0.882. The van der Waals surface area contributed by atoms with Crippen molar-refractivity contribution in [3.63, 3.8) is 0 Å². The zero-order chi connectivity index (χ0) is 15.1. The second kappa shape index (κ2) is 5.62. The molecule has 1 aliphatic heterocycles. The third kappa shape index (κ3) is 2.95. The van der Waals surface area contributed by atoms with E-state index in [0.29, 0.717) is 5.92 Å². The molecule has 1 N–H and O–H groups in total. The quantitative estimate of drug-likeness (QED) is 0.817. The molecule has 3 aliphatic rings.